The number of aromatic nitrogens is 2. The highest BCUT2D eigenvalue weighted by Gasteiger charge is 2.14. The van der Waals surface area contributed by atoms with Gasteiger partial charge in [-0.05, 0) is 62.4 Å². The molecule has 148 valence electrons. The molecule has 0 unspecified atom stereocenters. The SMILES string of the molecule is CC(=O)[C@H](C)Nc1cc(-c2ccc(Oc3ccc(F)cc3)cc2)nc(C(N)=O)n1. The van der Waals surface area contributed by atoms with Crippen LogP contribution in [0.4, 0.5) is 10.2 Å². The number of hydrogen-bond donors (Lipinski definition) is 2. The first kappa shape index (κ1) is 19.9. The van der Waals surface area contributed by atoms with Crippen molar-refractivity contribution in [3.8, 4) is 22.8 Å². The first-order chi connectivity index (χ1) is 13.8. The van der Waals surface area contributed by atoms with Crippen LogP contribution in [0.1, 0.15) is 24.5 Å². The lowest BCUT2D eigenvalue weighted by atomic mass is 10.1. The molecule has 8 heteroatoms. The Hall–Kier alpha value is -3.81. The number of hydrogen-bond acceptors (Lipinski definition) is 6. The lowest BCUT2D eigenvalue weighted by Gasteiger charge is -2.13. The minimum atomic E-state index is -0.776. The Labute approximate surface area is 166 Å². The summed E-state index contributed by atoms with van der Waals surface area (Å²) >= 11 is 0. The van der Waals surface area contributed by atoms with E-state index in [1.165, 1.54) is 31.2 Å². The van der Waals surface area contributed by atoms with Gasteiger partial charge in [-0.1, -0.05) is 0 Å². The number of primary amides is 1. The molecule has 1 heterocycles. The summed E-state index contributed by atoms with van der Waals surface area (Å²) in [6.45, 7) is 3.14. The highest BCUT2D eigenvalue weighted by molar-refractivity contribution is 5.90. The molecule has 0 saturated heterocycles. The normalized spacial score (nSPS) is 11.6. The van der Waals surface area contributed by atoms with Gasteiger partial charge in [0.15, 0.2) is 5.78 Å². The fourth-order valence-electron chi connectivity index (χ4n) is 2.44. The van der Waals surface area contributed by atoms with Crippen LogP contribution in [-0.2, 0) is 4.79 Å². The van der Waals surface area contributed by atoms with Crippen LogP contribution in [0.5, 0.6) is 11.5 Å². The summed E-state index contributed by atoms with van der Waals surface area (Å²) in [5, 5.41) is 2.93. The van der Waals surface area contributed by atoms with Crippen molar-refractivity contribution < 1.29 is 18.7 Å². The van der Waals surface area contributed by atoms with Crippen LogP contribution in [0.3, 0.4) is 0 Å². The second-order valence-corrected chi connectivity index (χ2v) is 6.38. The first-order valence-corrected chi connectivity index (χ1v) is 8.81. The Morgan fingerprint density at radius 1 is 1.03 bits per heavy atom. The maximum Gasteiger partial charge on any atom is 0.286 e. The monoisotopic (exact) mass is 394 g/mol. The summed E-state index contributed by atoms with van der Waals surface area (Å²) in [5.74, 6) is 0.0143. The van der Waals surface area contributed by atoms with E-state index >= 15 is 0 Å². The van der Waals surface area contributed by atoms with Crippen molar-refractivity contribution in [2.45, 2.75) is 19.9 Å². The van der Waals surface area contributed by atoms with Crippen LogP contribution in [0.2, 0.25) is 0 Å². The number of benzene rings is 2. The summed E-state index contributed by atoms with van der Waals surface area (Å²) in [7, 11) is 0. The molecular formula is C21H19FN4O3. The van der Waals surface area contributed by atoms with E-state index in [1.54, 1.807) is 37.3 Å². The average molecular weight is 394 g/mol. The molecule has 0 saturated carbocycles. The number of ketones is 1. The predicted octanol–water partition coefficient (Wildman–Crippen LogP) is 3.56. The van der Waals surface area contributed by atoms with Crippen molar-refractivity contribution in [1.29, 1.82) is 0 Å². The highest BCUT2D eigenvalue weighted by Crippen LogP contribution is 2.26. The number of ether oxygens (including phenoxy) is 1. The van der Waals surface area contributed by atoms with E-state index in [0.29, 0.717) is 28.6 Å². The number of nitrogens with one attached hydrogen (secondary N) is 1. The van der Waals surface area contributed by atoms with Crippen LogP contribution >= 0.6 is 0 Å². The minimum Gasteiger partial charge on any atom is -0.457 e. The van der Waals surface area contributed by atoms with E-state index in [-0.39, 0.29) is 17.4 Å². The molecule has 3 N–H and O–H groups in total. The molecule has 2 aromatic carbocycles. The number of nitrogens with zero attached hydrogens (tertiary/aromatic N) is 2. The second kappa shape index (κ2) is 8.47. The van der Waals surface area contributed by atoms with Crippen LogP contribution in [0.15, 0.2) is 54.6 Å². The Balaban J connectivity index is 1.86. The van der Waals surface area contributed by atoms with Gasteiger partial charge in [-0.25, -0.2) is 14.4 Å². The van der Waals surface area contributed by atoms with Gasteiger partial charge < -0.3 is 15.8 Å². The molecule has 1 atom stereocenters. The molecule has 0 spiro atoms. The number of anilines is 1. The van der Waals surface area contributed by atoms with Gasteiger partial charge in [0.1, 0.15) is 23.1 Å². The van der Waals surface area contributed by atoms with Crippen molar-refractivity contribution in [2.24, 2.45) is 5.73 Å². The Morgan fingerprint density at radius 3 is 2.17 bits per heavy atom. The van der Waals surface area contributed by atoms with Crippen molar-refractivity contribution in [3.63, 3.8) is 0 Å². The number of carbonyl (C=O) groups excluding carboxylic acids is 2. The molecule has 0 aliphatic carbocycles. The lowest BCUT2D eigenvalue weighted by molar-refractivity contribution is -0.117. The van der Waals surface area contributed by atoms with Gasteiger partial charge in [-0.2, -0.15) is 0 Å². The maximum absolute atomic E-state index is 13.0. The van der Waals surface area contributed by atoms with Gasteiger partial charge in [-0.3, -0.25) is 9.59 Å². The quantitative estimate of drug-likeness (QED) is 0.634. The molecule has 7 nitrogen and oxygen atoms in total. The smallest absolute Gasteiger partial charge is 0.286 e. The summed E-state index contributed by atoms with van der Waals surface area (Å²) in [6.07, 6.45) is 0. The van der Waals surface area contributed by atoms with E-state index < -0.39 is 11.9 Å². The van der Waals surface area contributed by atoms with Crippen molar-refractivity contribution >= 4 is 17.5 Å². The molecule has 1 aromatic heterocycles. The largest absolute Gasteiger partial charge is 0.457 e. The number of halogens is 1. The third-order valence-electron chi connectivity index (χ3n) is 4.12. The van der Waals surface area contributed by atoms with Crippen LogP contribution in [-0.4, -0.2) is 27.7 Å². The maximum atomic E-state index is 13.0. The topological polar surface area (TPSA) is 107 Å². The van der Waals surface area contributed by atoms with Crippen molar-refractivity contribution in [1.82, 2.24) is 9.97 Å². The number of nitrogens with two attached hydrogens (primary N) is 1. The third-order valence-corrected chi connectivity index (χ3v) is 4.12. The molecule has 0 bridgehead atoms. The number of Topliss-reactive ketones (excluding diaryl/α,β-unsaturated/α-hetero) is 1. The molecule has 0 aliphatic heterocycles. The zero-order chi connectivity index (χ0) is 21.0. The first-order valence-electron chi connectivity index (χ1n) is 8.81. The Kier molecular flexibility index (Phi) is 5.82. The van der Waals surface area contributed by atoms with Gasteiger partial charge in [0.05, 0.1) is 11.7 Å². The summed E-state index contributed by atoms with van der Waals surface area (Å²) in [4.78, 5) is 31.3. The molecule has 29 heavy (non-hydrogen) atoms. The predicted molar refractivity (Wildman–Crippen MR) is 106 cm³/mol. The van der Waals surface area contributed by atoms with Gasteiger partial charge >= 0.3 is 0 Å². The lowest BCUT2D eigenvalue weighted by Crippen LogP contribution is -2.25. The molecule has 3 rings (SSSR count). The van der Waals surface area contributed by atoms with Gasteiger partial charge in [0, 0.05) is 11.6 Å². The van der Waals surface area contributed by atoms with Crippen LogP contribution < -0.4 is 15.8 Å². The fourth-order valence-corrected chi connectivity index (χ4v) is 2.44. The number of carbonyl (C=O) groups is 2. The highest BCUT2D eigenvalue weighted by atomic mass is 19.1. The van der Waals surface area contributed by atoms with Crippen molar-refractivity contribution in [2.75, 3.05) is 5.32 Å². The number of rotatable bonds is 7. The van der Waals surface area contributed by atoms with E-state index in [2.05, 4.69) is 15.3 Å². The van der Waals surface area contributed by atoms with Gasteiger partial charge in [-0.15, -0.1) is 0 Å². The van der Waals surface area contributed by atoms with Gasteiger partial charge in [0.25, 0.3) is 5.91 Å². The van der Waals surface area contributed by atoms with Crippen LogP contribution in [0.25, 0.3) is 11.3 Å². The zero-order valence-electron chi connectivity index (χ0n) is 15.8. The Morgan fingerprint density at radius 2 is 1.62 bits per heavy atom. The zero-order valence-corrected chi connectivity index (χ0v) is 15.8. The summed E-state index contributed by atoms with van der Waals surface area (Å²) in [5.41, 5.74) is 6.49. The van der Waals surface area contributed by atoms with E-state index in [1.807, 2.05) is 0 Å². The molecular weight excluding hydrogens is 375 g/mol. The number of amides is 1. The Bertz CT molecular complexity index is 1040. The molecule has 0 aliphatic rings. The second-order valence-electron chi connectivity index (χ2n) is 6.38. The van der Waals surface area contributed by atoms with E-state index in [9.17, 15) is 14.0 Å². The minimum absolute atomic E-state index is 0.0758. The average Bonchev–Trinajstić information content (AvgIpc) is 2.70. The molecule has 0 radical (unpaired) electrons. The third kappa shape index (κ3) is 5.13. The van der Waals surface area contributed by atoms with E-state index in [4.69, 9.17) is 10.5 Å². The fraction of sp³-hybridized carbons (Fsp3) is 0.143. The molecule has 3 aromatic rings. The van der Waals surface area contributed by atoms with Crippen LogP contribution in [0, 0.1) is 5.82 Å². The standard InChI is InChI=1S/C21H19FN4O3/c1-12(13(2)27)24-19-11-18(25-21(26-19)20(23)28)14-3-7-16(8-4-14)29-17-9-5-15(22)6-10-17/h3-12H,1-2H3,(H2,23,28)(H,24,25,26)/t12-/m0/s1. The molecule has 0 fully saturated rings. The molecule has 1 amide bonds. The van der Waals surface area contributed by atoms with E-state index in [0.717, 1.165) is 0 Å². The van der Waals surface area contributed by atoms with Gasteiger partial charge in [0.2, 0.25) is 5.82 Å². The summed E-state index contributed by atoms with van der Waals surface area (Å²) < 4.78 is 18.7. The summed E-state index contributed by atoms with van der Waals surface area (Å²) in [6, 6.07) is 13.8. The van der Waals surface area contributed by atoms with Crippen molar-refractivity contribution in [3.05, 3.63) is 66.2 Å².